The Balaban J connectivity index is 1.80. The molecule has 2 heterocycles. The molecule has 19 heavy (non-hydrogen) atoms. The molecule has 4 nitrogen and oxygen atoms in total. The first-order chi connectivity index (χ1) is 9.27. The summed E-state index contributed by atoms with van der Waals surface area (Å²) in [5, 5.41) is 5.51. The molecule has 0 aromatic carbocycles. The average molecular weight is 279 g/mol. The third kappa shape index (κ3) is 2.30. The second kappa shape index (κ2) is 5.23. The highest BCUT2D eigenvalue weighted by Gasteiger charge is 2.41. The normalized spacial score (nSPS) is 20.1. The zero-order valence-corrected chi connectivity index (χ0v) is 12.4. The smallest absolute Gasteiger partial charge is 0.193 e. The molecule has 1 aliphatic carbocycles. The van der Waals surface area contributed by atoms with E-state index in [1.165, 1.54) is 12.8 Å². The van der Waals surface area contributed by atoms with E-state index in [0.29, 0.717) is 6.04 Å². The third-order valence-electron chi connectivity index (χ3n) is 4.40. The van der Waals surface area contributed by atoms with Gasteiger partial charge in [0.25, 0.3) is 0 Å². The van der Waals surface area contributed by atoms with Crippen LogP contribution in [0.2, 0.25) is 0 Å². The van der Waals surface area contributed by atoms with Gasteiger partial charge < -0.3 is 10.1 Å². The van der Waals surface area contributed by atoms with Crippen molar-refractivity contribution in [2.45, 2.75) is 43.7 Å². The summed E-state index contributed by atoms with van der Waals surface area (Å²) in [6.07, 6.45) is 9.96. The lowest BCUT2D eigenvalue weighted by atomic mass is 9.89. The number of hydrogen-bond acceptors (Lipinski definition) is 4. The van der Waals surface area contributed by atoms with Crippen LogP contribution >= 0.6 is 11.3 Å². The molecule has 1 aliphatic rings. The monoisotopic (exact) mass is 279 g/mol. The van der Waals surface area contributed by atoms with Gasteiger partial charge in [0.15, 0.2) is 4.96 Å². The molecule has 0 radical (unpaired) electrons. The van der Waals surface area contributed by atoms with E-state index >= 15 is 0 Å². The SMILES string of the molecule is CNC(Cc1cn2ccsc2n1)C1(OC)CCCC1. The first-order valence-electron chi connectivity index (χ1n) is 6.91. The molecule has 0 saturated heterocycles. The van der Waals surface area contributed by atoms with Crippen LogP contribution in [0.15, 0.2) is 17.8 Å². The molecule has 1 atom stereocenters. The van der Waals surface area contributed by atoms with Gasteiger partial charge in [-0.25, -0.2) is 4.98 Å². The van der Waals surface area contributed by atoms with E-state index < -0.39 is 0 Å². The number of aromatic nitrogens is 2. The number of imidazole rings is 1. The number of ether oxygens (including phenoxy) is 1. The number of fused-ring (bicyclic) bond motifs is 1. The lowest BCUT2D eigenvalue weighted by Gasteiger charge is -2.36. The van der Waals surface area contributed by atoms with Gasteiger partial charge in [-0.3, -0.25) is 4.40 Å². The maximum Gasteiger partial charge on any atom is 0.193 e. The van der Waals surface area contributed by atoms with Crippen molar-refractivity contribution >= 4 is 16.3 Å². The molecular weight excluding hydrogens is 258 g/mol. The van der Waals surface area contributed by atoms with Gasteiger partial charge in [0.2, 0.25) is 0 Å². The molecule has 0 amide bonds. The lowest BCUT2D eigenvalue weighted by molar-refractivity contribution is -0.0338. The summed E-state index contributed by atoms with van der Waals surface area (Å²) >= 11 is 1.68. The number of thiazole rings is 1. The lowest BCUT2D eigenvalue weighted by Crippen LogP contribution is -2.50. The second-order valence-corrected chi connectivity index (χ2v) is 6.22. The molecule has 0 aliphatic heterocycles. The highest BCUT2D eigenvalue weighted by molar-refractivity contribution is 7.15. The summed E-state index contributed by atoms with van der Waals surface area (Å²) in [7, 11) is 3.88. The van der Waals surface area contributed by atoms with E-state index in [4.69, 9.17) is 4.74 Å². The summed E-state index contributed by atoms with van der Waals surface area (Å²) in [4.78, 5) is 5.76. The minimum atomic E-state index is -0.00814. The van der Waals surface area contributed by atoms with Crippen LogP contribution in [0.1, 0.15) is 31.4 Å². The van der Waals surface area contributed by atoms with Gasteiger partial charge in [0.05, 0.1) is 11.3 Å². The van der Waals surface area contributed by atoms with E-state index in [0.717, 1.165) is 29.9 Å². The van der Waals surface area contributed by atoms with Gasteiger partial charge in [0, 0.05) is 37.3 Å². The van der Waals surface area contributed by atoms with Gasteiger partial charge in [-0.1, -0.05) is 12.8 Å². The largest absolute Gasteiger partial charge is 0.377 e. The molecule has 0 spiro atoms. The van der Waals surface area contributed by atoms with E-state index in [2.05, 4.69) is 32.5 Å². The zero-order valence-electron chi connectivity index (χ0n) is 11.6. The second-order valence-electron chi connectivity index (χ2n) is 5.35. The van der Waals surface area contributed by atoms with Crippen molar-refractivity contribution in [3.8, 4) is 0 Å². The first kappa shape index (κ1) is 13.1. The summed E-state index contributed by atoms with van der Waals surface area (Å²) in [5.41, 5.74) is 1.14. The standard InChI is InChI=1S/C14H21N3OS/c1-15-12(14(18-2)5-3-4-6-14)9-11-10-17-7-8-19-13(17)16-11/h7-8,10,12,15H,3-6,9H2,1-2H3. The van der Waals surface area contributed by atoms with Gasteiger partial charge in [-0.15, -0.1) is 11.3 Å². The molecular formula is C14H21N3OS. The number of methoxy groups -OCH3 is 1. The van der Waals surface area contributed by atoms with Crippen molar-refractivity contribution < 1.29 is 4.74 Å². The Labute approximate surface area is 117 Å². The first-order valence-corrected chi connectivity index (χ1v) is 7.79. The number of hydrogen-bond donors (Lipinski definition) is 1. The van der Waals surface area contributed by atoms with Crippen molar-refractivity contribution in [2.24, 2.45) is 0 Å². The fourth-order valence-corrected chi connectivity index (χ4v) is 4.02. The van der Waals surface area contributed by atoms with Crippen LogP contribution in [0.25, 0.3) is 4.96 Å². The van der Waals surface area contributed by atoms with Crippen molar-refractivity contribution in [3.05, 3.63) is 23.5 Å². The van der Waals surface area contributed by atoms with Gasteiger partial charge >= 0.3 is 0 Å². The number of nitrogens with zero attached hydrogens (tertiary/aromatic N) is 2. The van der Waals surface area contributed by atoms with Crippen molar-refractivity contribution in [1.29, 1.82) is 0 Å². The number of nitrogens with one attached hydrogen (secondary N) is 1. The topological polar surface area (TPSA) is 38.6 Å². The predicted molar refractivity (Wildman–Crippen MR) is 77.8 cm³/mol. The maximum atomic E-state index is 5.89. The molecule has 1 saturated carbocycles. The molecule has 104 valence electrons. The molecule has 5 heteroatoms. The molecule has 3 rings (SSSR count). The number of rotatable bonds is 5. The van der Waals surface area contributed by atoms with Crippen molar-refractivity contribution in [1.82, 2.24) is 14.7 Å². The highest BCUT2D eigenvalue weighted by atomic mass is 32.1. The Kier molecular flexibility index (Phi) is 3.60. The Morgan fingerprint density at radius 2 is 2.32 bits per heavy atom. The fourth-order valence-electron chi connectivity index (χ4n) is 3.30. The molecule has 1 fully saturated rings. The zero-order chi connectivity index (χ0) is 13.3. The van der Waals surface area contributed by atoms with E-state index in [-0.39, 0.29) is 5.60 Å². The van der Waals surface area contributed by atoms with Crippen LogP contribution in [-0.4, -0.2) is 35.2 Å². The van der Waals surface area contributed by atoms with Gasteiger partial charge in [-0.05, 0) is 19.9 Å². The minimum absolute atomic E-state index is 0.00814. The summed E-state index contributed by atoms with van der Waals surface area (Å²) < 4.78 is 7.98. The predicted octanol–water partition coefficient (Wildman–Crippen LogP) is 2.49. The van der Waals surface area contributed by atoms with Crippen LogP contribution in [0.5, 0.6) is 0 Å². The molecule has 1 unspecified atom stereocenters. The van der Waals surface area contributed by atoms with Crippen LogP contribution in [0.3, 0.4) is 0 Å². The van der Waals surface area contributed by atoms with Crippen molar-refractivity contribution in [2.75, 3.05) is 14.2 Å². The van der Waals surface area contributed by atoms with Crippen LogP contribution in [0, 0.1) is 0 Å². The third-order valence-corrected chi connectivity index (χ3v) is 5.17. The summed E-state index contributed by atoms with van der Waals surface area (Å²) in [6, 6.07) is 0.338. The summed E-state index contributed by atoms with van der Waals surface area (Å²) in [5.74, 6) is 0. The Morgan fingerprint density at radius 1 is 1.53 bits per heavy atom. The Hall–Kier alpha value is -0.910. The van der Waals surface area contributed by atoms with E-state index in [1.807, 2.05) is 14.2 Å². The Morgan fingerprint density at radius 3 is 2.95 bits per heavy atom. The van der Waals surface area contributed by atoms with Crippen molar-refractivity contribution in [3.63, 3.8) is 0 Å². The fraction of sp³-hybridized carbons (Fsp3) is 0.643. The number of likely N-dealkylation sites (N-methyl/N-ethyl adjacent to an activating group) is 1. The van der Waals surface area contributed by atoms with E-state index in [9.17, 15) is 0 Å². The van der Waals surface area contributed by atoms with Crippen LogP contribution in [-0.2, 0) is 11.2 Å². The van der Waals surface area contributed by atoms with E-state index in [1.54, 1.807) is 11.3 Å². The summed E-state index contributed by atoms with van der Waals surface area (Å²) in [6.45, 7) is 0. The molecule has 1 N–H and O–H groups in total. The quantitative estimate of drug-likeness (QED) is 0.914. The Bertz CT molecular complexity index is 513. The minimum Gasteiger partial charge on any atom is -0.377 e. The van der Waals surface area contributed by atoms with Gasteiger partial charge in [0.1, 0.15) is 0 Å². The molecule has 2 aromatic heterocycles. The van der Waals surface area contributed by atoms with Gasteiger partial charge in [-0.2, -0.15) is 0 Å². The highest BCUT2D eigenvalue weighted by Crippen LogP contribution is 2.36. The van der Waals surface area contributed by atoms with Crippen LogP contribution < -0.4 is 5.32 Å². The van der Waals surface area contributed by atoms with Crippen LogP contribution in [0.4, 0.5) is 0 Å². The molecule has 0 bridgehead atoms. The molecule has 2 aromatic rings. The average Bonchev–Trinajstić information content (AvgIpc) is 3.11. The maximum absolute atomic E-state index is 5.89.